The zero-order chi connectivity index (χ0) is 13.0. The highest BCUT2D eigenvalue weighted by atomic mass is 16.5. The SMILES string of the molecule is CCNC(CCC(C)C)C1C(C)OC(C)C1C. The third kappa shape index (κ3) is 3.96. The Kier molecular flexibility index (Phi) is 5.94. The van der Waals surface area contributed by atoms with Gasteiger partial charge in [-0.15, -0.1) is 0 Å². The van der Waals surface area contributed by atoms with E-state index in [-0.39, 0.29) is 0 Å². The third-order valence-corrected chi connectivity index (χ3v) is 4.30. The minimum absolute atomic E-state index is 0.399. The van der Waals surface area contributed by atoms with Crippen molar-refractivity contribution in [3.8, 4) is 0 Å². The Morgan fingerprint density at radius 1 is 1.06 bits per heavy atom. The van der Waals surface area contributed by atoms with E-state index >= 15 is 0 Å². The molecule has 17 heavy (non-hydrogen) atoms. The monoisotopic (exact) mass is 241 g/mol. The molecule has 0 aromatic rings. The van der Waals surface area contributed by atoms with Crippen molar-refractivity contribution in [3.05, 3.63) is 0 Å². The van der Waals surface area contributed by atoms with Crippen LogP contribution in [0.15, 0.2) is 0 Å². The minimum Gasteiger partial charge on any atom is -0.375 e. The molecule has 0 bridgehead atoms. The van der Waals surface area contributed by atoms with Gasteiger partial charge >= 0.3 is 0 Å². The maximum Gasteiger partial charge on any atom is 0.0597 e. The summed E-state index contributed by atoms with van der Waals surface area (Å²) in [6.07, 6.45) is 3.40. The standard InChI is InChI=1S/C15H31NO/c1-7-16-14(9-8-10(2)3)15-11(4)12(5)17-13(15)6/h10-16H,7-9H2,1-6H3. The molecule has 5 unspecified atom stereocenters. The highest BCUT2D eigenvalue weighted by Crippen LogP contribution is 2.36. The van der Waals surface area contributed by atoms with Crippen molar-refractivity contribution in [2.75, 3.05) is 6.54 Å². The van der Waals surface area contributed by atoms with Gasteiger partial charge in [0.25, 0.3) is 0 Å². The fourth-order valence-corrected chi connectivity index (χ4v) is 3.19. The lowest BCUT2D eigenvalue weighted by Crippen LogP contribution is -2.42. The quantitative estimate of drug-likeness (QED) is 0.769. The summed E-state index contributed by atoms with van der Waals surface area (Å²) in [7, 11) is 0. The van der Waals surface area contributed by atoms with Crippen molar-refractivity contribution < 1.29 is 4.74 Å². The lowest BCUT2D eigenvalue weighted by molar-refractivity contribution is 0.0470. The molecule has 0 spiro atoms. The fourth-order valence-electron chi connectivity index (χ4n) is 3.19. The number of nitrogens with one attached hydrogen (secondary N) is 1. The van der Waals surface area contributed by atoms with Gasteiger partial charge in [-0.1, -0.05) is 27.7 Å². The molecule has 1 rings (SSSR count). The summed E-state index contributed by atoms with van der Waals surface area (Å²) in [6.45, 7) is 14.7. The van der Waals surface area contributed by atoms with Crippen LogP contribution in [0.1, 0.15) is 54.4 Å². The van der Waals surface area contributed by atoms with Crippen LogP contribution in [0.25, 0.3) is 0 Å². The van der Waals surface area contributed by atoms with E-state index in [1.165, 1.54) is 12.8 Å². The Morgan fingerprint density at radius 2 is 1.71 bits per heavy atom. The molecule has 2 nitrogen and oxygen atoms in total. The van der Waals surface area contributed by atoms with Gasteiger partial charge in [-0.2, -0.15) is 0 Å². The van der Waals surface area contributed by atoms with Crippen molar-refractivity contribution in [1.82, 2.24) is 5.32 Å². The summed E-state index contributed by atoms with van der Waals surface area (Å²) in [5.41, 5.74) is 0. The predicted octanol–water partition coefficient (Wildman–Crippen LogP) is 3.46. The smallest absolute Gasteiger partial charge is 0.0597 e. The van der Waals surface area contributed by atoms with Gasteiger partial charge in [-0.05, 0) is 45.1 Å². The normalized spacial score (nSPS) is 35.5. The molecular formula is C15H31NO. The van der Waals surface area contributed by atoms with Crippen LogP contribution in [0.2, 0.25) is 0 Å². The first-order valence-corrected chi connectivity index (χ1v) is 7.36. The second kappa shape index (κ2) is 6.75. The molecule has 0 aromatic carbocycles. The summed E-state index contributed by atoms with van der Waals surface area (Å²) in [5, 5.41) is 3.68. The van der Waals surface area contributed by atoms with E-state index in [9.17, 15) is 0 Å². The molecule has 1 aliphatic rings. The average molecular weight is 241 g/mol. The lowest BCUT2D eigenvalue weighted by Gasteiger charge is -2.30. The molecule has 102 valence electrons. The Bertz CT molecular complexity index is 217. The summed E-state index contributed by atoms with van der Waals surface area (Å²) in [4.78, 5) is 0. The van der Waals surface area contributed by atoms with E-state index in [0.29, 0.717) is 30.1 Å². The molecule has 1 saturated heterocycles. The summed E-state index contributed by atoms with van der Waals surface area (Å²) in [6, 6.07) is 0.623. The number of ether oxygens (including phenoxy) is 1. The minimum atomic E-state index is 0.399. The van der Waals surface area contributed by atoms with Crippen molar-refractivity contribution in [2.45, 2.75) is 72.6 Å². The molecule has 1 N–H and O–H groups in total. The molecule has 0 radical (unpaired) electrons. The Morgan fingerprint density at radius 3 is 2.12 bits per heavy atom. The molecule has 1 aliphatic heterocycles. The Balaban J connectivity index is 2.62. The second-order valence-corrected chi connectivity index (χ2v) is 6.12. The van der Waals surface area contributed by atoms with E-state index in [1.807, 2.05) is 0 Å². The van der Waals surface area contributed by atoms with Gasteiger partial charge in [-0.3, -0.25) is 0 Å². The first-order valence-electron chi connectivity index (χ1n) is 7.36. The summed E-state index contributed by atoms with van der Waals surface area (Å²) in [5.74, 6) is 2.13. The zero-order valence-corrected chi connectivity index (χ0v) is 12.5. The van der Waals surface area contributed by atoms with Gasteiger partial charge in [0.1, 0.15) is 0 Å². The first-order chi connectivity index (χ1) is 7.97. The maximum atomic E-state index is 5.98. The van der Waals surface area contributed by atoms with Gasteiger partial charge in [0.15, 0.2) is 0 Å². The highest BCUT2D eigenvalue weighted by Gasteiger charge is 2.40. The van der Waals surface area contributed by atoms with Crippen LogP contribution in [0.3, 0.4) is 0 Å². The third-order valence-electron chi connectivity index (χ3n) is 4.30. The van der Waals surface area contributed by atoms with Crippen LogP contribution >= 0.6 is 0 Å². The molecule has 0 saturated carbocycles. The molecule has 2 heteroatoms. The molecule has 1 fully saturated rings. The second-order valence-electron chi connectivity index (χ2n) is 6.12. The van der Waals surface area contributed by atoms with Gasteiger partial charge in [0.2, 0.25) is 0 Å². The molecule has 1 heterocycles. The van der Waals surface area contributed by atoms with E-state index in [2.05, 4.69) is 46.9 Å². The fraction of sp³-hybridized carbons (Fsp3) is 1.00. The Hall–Kier alpha value is -0.0800. The highest BCUT2D eigenvalue weighted by molar-refractivity contribution is 4.91. The van der Waals surface area contributed by atoms with Crippen molar-refractivity contribution in [2.24, 2.45) is 17.8 Å². The predicted molar refractivity (Wildman–Crippen MR) is 74.2 cm³/mol. The van der Waals surface area contributed by atoms with Crippen LogP contribution in [0.4, 0.5) is 0 Å². The van der Waals surface area contributed by atoms with Crippen LogP contribution in [0.5, 0.6) is 0 Å². The molecular weight excluding hydrogens is 210 g/mol. The first kappa shape index (κ1) is 15.0. The van der Waals surface area contributed by atoms with Gasteiger partial charge < -0.3 is 10.1 Å². The lowest BCUT2D eigenvalue weighted by atomic mass is 9.81. The van der Waals surface area contributed by atoms with Crippen molar-refractivity contribution >= 4 is 0 Å². The topological polar surface area (TPSA) is 21.3 Å². The molecule has 0 aliphatic carbocycles. The van der Waals surface area contributed by atoms with E-state index in [1.54, 1.807) is 0 Å². The van der Waals surface area contributed by atoms with Crippen LogP contribution in [-0.4, -0.2) is 24.8 Å². The van der Waals surface area contributed by atoms with Crippen LogP contribution in [-0.2, 0) is 4.74 Å². The largest absolute Gasteiger partial charge is 0.375 e. The Labute approximate surface area is 108 Å². The molecule has 0 amide bonds. The van der Waals surface area contributed by atoms with Gasteiger partial charge in [-0.25, -0.2) is 0 Å². The number of hydrogen-bond donors (Lipinski definition) is 1. The average Bonchev–Trinajstić information content (AvgIpc) is 2.49. The summed E-state index contributed by atoms with van der Waals surface area (Å²) >= 11 is 0. The number of hydrogen-bond acceptors (Lipinski definition) is 2. The van der Waals surface area contributed by atoms with Crippen molar-refractivity contribution in [1.29, 1.82) is 0 Å². The maximum absolute atomic E-state index is 5.98. The van der Waals surface area contributed by atoms with Crippen molar-refractivity contribution in [3.63, 3.8) is 0 Å². The van der Waals surface area contributed by atoms with Crippen LogP contribution < -0.4 is 5.32 Å². The van der Waals surface area contributed by atoms with Crippen LogP contribution in [0, 0.1) is 17.8 Å². The molecule has 5 atom stereocenters. The molecule has 0 aromatic heterocycles. The van der Waals surface area contributed by atoms with Gasteiger partial charge in [0.05, 0.1) is 12.2 Å². The van der Waals surface area contributed by atoms with E-state index in [4.69, 9.17) is 4.74 Å². The van der Waals surface area contributed by atoms with Gasteiger partial charge in [0, 0.05) is 12.0 Å². The summed E-state index contributed by atoms with van der Waals surface area (Å²) < 4.78 is 5.98. The zero-order valence-electron chi connectivity index (χ0n) is 12.5. The number of rotatable bonds is 6. The van der Waals surface area contributed by atoms with E-state index < -0.39 is 0 Å². The van der Waals surface area contributed by atoms with E-state index in [0.717, 1.165) is 12.5 Å².